The molecule has 1 heterocycles. The Balaban J connectivity index is 1.63. The van der Waals surface area contributed by atoms with Crippen LogP contribution < -0.4 is 9.64 Å². The Bertz CT molecular complexity index is 1140. The van der Waals surface area contributed by atoms with Crippen LogP contribution in [0.15, 0.2) is 60.7 Å². The zero-order valence-corrected chi connectivity index (χ0v) is 19.8. The molecule has 0 aliphatic carbocycles. The van der Waals surface area contributed by atoms with Crippen LogP contribution in [0.5, 0.6) is 5.75 Å². The van der Waals surface area contributed by atoms with Gasteiger partial charge < -0.3 is 9.64 Å². The summed E-state index contributed by atoms with van der Waals surface area (Å²) in [5.74, 6) is 0.732. The van der Waals surface area contributed by atoms with Crippen molar-refractivity contribution in [3.05, 3.63) is 92.4 Å². The molecule has 1 aliphatic rings. The molecular formula is C25H22Cl3N3O. The summed E-state index contributed by atoms with van der Waals surface area (Å²) >= 11 is 18.8. The lowest BCUT2D eigenvalue weighted by molar-refractivity contribution is 0.213. The fraction of sp³-hybridized carbons (Fsp3) is 0.240. The SMILES string of the molecule is COc1cc(C#N)ccc1CN1CCN(c2ccc(Cl)cc2Cl)[C@H](c2ccc(Cl)cc2)C1. The molecule has 1 fully saturated rings. The molecule has 3 aromatic carbocycles. The van der Waals surface area contributed by atoms with Crippen LogP contribution in [0.1, 0.15) is 22.7 Å². The maximum Gasteiger partial charge on any atom is 0.124 e. The van der Waals surface area contributed by atoms with Crippen LogP contribution in [-0.4, -0.2) is 31.6 Å². The standard InChI is InChI=1S/C25H22Cl3N3O/c1-32-25-12-17(14-29)2-3-19(25)15-30-10-11-31(23-9-8-21(27)13-22(23)28)24(16-30)18-4-6-20(26)7-5-18/h2-9,12-13,24H,10-11,15-16H2,1H3/t24-/m0/s1. The number of nitriles is 1. The number of benzene rings is 3. The van der Waals surface area contributed by atoms with Crippen molar-refractivity contribution < 1.29 is 4.74 Å². The molecule has 32 heavy (non-hydrogen) atoms. The molecule has 0 bridgehead atoms. The summed E-state index contributed by atoms with van der Waals surface area (Å²) in [6.07, 6.45) is 0. The van der Waals surface area contributed by atoms with Gasteiger partial charge in [-0.05, 0) is 48.0 Å². The number of ether oxygens (including phenoxy) is 1. The van der Waals surface area contributed by atoms with Crippen molar-refractivity contribution in [1.82, 2.24) is 4.90 Å². The molecule has 0 unspecified atom stereocenters. The topological polar surface area (TPSA) is 39.5 Å². The summed E-state index contributed by atoms with van der Waals surface area (Å²) in [7, 11) is 1.64. The quantitative estimate of drug-likeness (QED) is 0.408. The molecule has 4 nitrogen and oxygen atoms in total. The maximum absolute atomic E-state index is 9.18. The number of rotatable bonds is 5. The molecule has 0 spiro atoms. The van der Waals surface area contributed by atoms with Crippen molar-refractivity contribution >= 4 is 40.5 Å². The number of nitrogens with zero attached hydrogens (tertiary/aromatic N) is 3. The first-order valence-electron chi connectivity index (χ1n) is 10.2. The van der Waals surface area contributed by atoms with Gasteiger partial charge in [-0.25, -0.2) is 0 Å². The Kier molecular flexibility index (Phi) is 7.13. The molecule has 4 rings (SSSR count). The fourth-order valence-corrected chi connectivity index (χ4v) is 4.78. The fourth-order valence-electron chi connectivity index (χ4n) is 4.14. The van der Waals surface area contributed by atoms with Crippen LogP contribution in [0.2, 0.25) is 15.1 Å². The maximum atomic E-state index is 9.18. The van der Waals surface area contributed by atoms with E-state index in [2.05, 4.69) is 28.0 Å². The van der Waals surface area contributed by atoms with Crippen LogP contribution in [0.25, 0.3) is 0 Å². The molecule has 0 radical (unpaired) electrons. The molecular weight excluding hydrogens is 465 g/mol. The Morgan fingerprint density at radius 1 is 0.969 bits per heavy atom. The highest BCUT2D eigenvalue weighted by molar-refractivity contribution is 6.36. The third-order valence-corrected chi connectivity index (χ3v) is 6.54. The summed E-state index contributed by atoms with van der Waals surface area (Å²) in [4.78, 5) is 4.72. The molecule has 3 aromatic rings. The average Bonchev–Trinajstić information content (AvgIpc) is 2.80. The van der Waals surface area contributed by atoms with Gasteiger partial charge in [-0.15, -0.1) is 0 Å². The molecule has 164 valence electrons. The number of piperazine rings is 1. The third kappa shape index (κ3) is 4.98. The van der Waals surface area contributed by atoms with Gasteiger partial charge in [-0.3, -0.25) is 4.90 Å². The van der Waals surface area contributed by atoms with E-state index in [9.17, 15) is 5.26 Å². The van der Waals surface area contributed by atoms with E-state index in [1.54, 1.807) is 19.2 Å². The van der Waals surface area contributed by atoms with Crippen LogP contribution >= 0.6 is 34.8 Å². The van der Waals surface area contributed by atoms with Gasteiger partial charge in [0, 0.05) is 41.8 Å². The zero-order chi connectivity index (χ0) is 22.7. The van der Waals surface area contributed by atoms with Crippen molar-refractivity contribution in [2.24, 2.45) is 0 Å². The summed E-state index contributed by atoms with van der Waals surface area (Å²) in [5.41, 5.74) is 3.77. The molecule has 0 amide bonds. The normalized spacial score (nSPS) is 16.6. The van der Waals surface area contributed by atoms with E-state index in [0.717, 1.165) is 48.7 Å². The Hall–Kier alpha value is -2.42. The second-order valence-electron chi connectivity index (χ2n) is 7.73. The first-order valence-corrected chi connectivity index (χ1v) is 11.4. The van der Waals surface area contributed by atoms with Gasteiger partial charge >= 0.3 is 0 Å². The summed E-state index contributed by atoms with van der Waals surface area (Å²) in [5, 5.41) is 11.1. The first kappa shape index (κ1) is 22.8. The Morgan fingerprint density at radius 2 is 1.72 bits per heavy atom. The third-order valence-electron chi connectivity index (χ3n) is 5.75. The first-order chi connectivity index (χ1) is 15.5. The van der Waals surface area contributed by atoms with Crippen molar-refractivity contribution in [3.8, 4) is 11.8 Å². The molecule has 0 aromatic heterocycles. The summed E-state index contributed by atoms with van der Waals surface area (Å²) < 4.78 is 5.54. The van der Waals surface area contributed by atoms with Gasteiger partial charge in [-0.1, -0.05) is 53.0 Å². The minimum absolute atomic E-state index is 0.0871. The molecule has 0 N–H and O–H groups in total. The average molecular weight is 487 g/mol. The van der Waals surface area contributed by atoms with E-state index in [-0.39, 0.29) is 6.04 Å². The minimum Gasteiger partial charge on any atom is -0.496 e. The Labute approximate surface area is 203 Å². The van der Waals surface area contributed by atoms with E-state index in [4.69, 9.17) is 39.5 Å². The van der Waals surface area contributed by atoms with Gasteiger partial charge in [0.2, 0.25) is 0 Å². The van der Waals surface area contributed by atoms with E-state index < -0.39 is 0 Å². The zero-order valence-electron chi connectivity index (χ0n) is 17.6. The van der Waals surface area contributed by atoms with Crippen molar-refractivity contribution in [2.75, 3.05) is 31.6 Å². The lowest BCUT2D eigenvalue weighted by Gasteiger charge is -2.43. The monoisotopic (exact) mass is 485 g/mol. The smallest absolute Gasteiger partial charge is 0.124 e. The van der Waals surface area contributed by atoms with E-state index in [1.807, 2.05) is 36.4 Å². The van der Waals surface area contributed by atoms with Crippen LogP contribution in [-0.2, 0) is 6.54 Å². The van der Waals surface area contributed by atoms with E-state index in [0.29, 0.717) is 20.6 Å². The molecule has 1 aliphatic heterocycles. The largest absolute Gasteiger partial charge is 0.496 e. The van der Waals surface area contributed by atoms with Crippen molar-refractivity contribution in [1.29, 1.82) is 5.26 Å². The van der Waals surface area contributed by atoms with E-state index in [1.165, 1.54) is 0 Å². The second kappa shape index (κ2) is 10.0. The predicted octanol–water partition coefficient (Wildman–Crippen LogP) is 6.59. The number of hydrogen-bond acceptors (Lipinski definition) is 4. The van der Waals surface area contributed by atoms with Crippen LogP contribution in [0, 0.1) is 11.3 Å². The van der Waals surface area contributed by atoms with Crippen molar-refractivity contribution in [3.63, 3.8) is 0 Å². The van der Waals surface area contributed by atoms with Crippen LogP contribution in [0.3, 0.4) is 0 Å². The highest BCUT2D eigenvalue weighted by atomic mass is 35.5. The van der Waals surface area contributed by atoms with Gasteiger partial charge in [0.25, 0.3) is 0 Å². The number of halogens is 3. The number of anilines is 1. The number of hydrogen-bond donors (Lipinski definition) is 0. The lowest BCUT2D eigenvalue weighted by atomic mass is 10.0. The number of methoxy groups -OCH3 is 1. The predicted molar refractivity (Wildman–Crippen MR) is 131 cm³/mol. The molecule has 1 atom stereocenters. The second-order valence-corrected chi connectivity index (χ2v) is 9.01. The summed E-state index contributed by atoms with van der Waals surface area (Å²) in [6, 6.07) is 21.4. The van der Waals surface area contributed by atoms with Gasteiger partial charge in [0.05, 0.1) is 35.5 Å². The molecule has 1 saturated heterocycles. The van der Waals surface area contributed by atoms with Gasteiger partial charge in [-0.2, -0.15) is 5.26 Å². The van der Waals surface area contributed by atoms with Crippen LogP contribution in [0.4, 0.5) is 5.69 Å². The van der Waals surface area contributed by atoms with E-state index >= 15 is 0 Å². The Morgan fingerprint density at radius 3 is 2.41 bits per heavy atom. The van der Waals surface area contributed by atoms with Crippen molar-refractivity contribution in [2.45, 2.75) is 12.6 Å². The summed E-state index contributed by atoms with van der Waals surface area (Å²) in [6.45, 7) is 3.17. The molecule has 0 saturated carbocycles. The van der Waals surface area contributed by atoms with Gasteiger partial charge in [0.1, 0.15) is 5.75 Å². The highest BCUT2D eigenvalue weighted by Gasteiger charge is 2.30. The lowest BCUT2D eigenvalue weighted by Crippen LogP contribution is -2.48. The minimum atomic E-state index is 0.0871. The van der Waals surface area contributed by atoms with Gasteiger partial charge in [0.15, 0.2) is 0 Å². The highest BCUT2D eigenvalue weighted by Crippen LogP contribution is 2.37. The molecule has 7 heteroatoms.